The van der Waals surface area contributed by atoms with Crippen molar-refractivity contribution in [2.75, 3.05) is 24.7 Å². The van der Waals surface area contributed by atoms with E-state index in [4.69, 9.17) is 14.6 Å². The predicted molar refractivity (Wildman–Crippen MR) is 88.2 cm³/mol. The van der Waals surface area contributed by atoms with Gasteiger partial charge in [-0.25, -0.2) is 4.79 Å². The number of carbonyl (C=O) groups is 2. The summed E-state index contributed by atoms with van der Waals surface area (Å²) in [4.78, 5) is 22.7. The lowest BCUT2D eigenvalue weighted by Crippen LogP contribution is -2.51. The lowest BCUT2D eigenvalue weighted by atomic mass is 10.1. The maximum atomic E-state index is 11.9. The summed E-state index contributed by atoms with van der Waals surface area (Å²) in [6.45, 7) is 3.00. The van der Waals surface area contributed by atoms with Crippen LogP contribution in [-0.4, -0.2) is 53.8 Å². The largest absolute Gasteiger partial charge is 0.486 e. The molecule has 0 radical (unpaired) electrons. The fourth-order valence-corrected chi connectivity index (χ4v) is 2.76. The third-order valence-electron chi connectivity index (χ3n) is 3.48. The van der Waals surface area contributed by atoms with E-state index in [2.05, 4.69) is 5.32 Å². The van der Waals surface area contributed by atoms with Crippen molar-refractivity contribution in [1.82, 2.24) is 5.32 Å². The zero-order valence-electron chi connectivity index (χ0n) is 13.0. The molecule has 0 spiro atoms. The highest BCUT2D eigenvalue weighted by Gasteiger charge is 2.28. The molecule has 2 rings (SSSR count). The number of hydrogen-bond donors (Lipinski definition) is 2. The van der Waals surface area contributed by atoms with Crippen molar-refractivity contribution >= 4 is 23.6 Å². The van der Waals surface area contributed by atoms with Gasteiger partial charge in [0.1, 0.15) is 11.9 Å². The van der Waals surface area contributed by atoms with E-state index < -0.39 is 5.97 Å². The molecule has 6 nitrogen and oxygen atoms in total. The fourth-order valence-electron chi connectivity index (χ4n) is 2.29. The topological polar surface area (TPSA) is 84.9 Å². The third-order valence-corrected chi connectivity index (χ3v) is 4.35. The second-order valence-corrected chi connectivity index (χ2v) is 6.43. The number of carboxylic acid groups (broad SMARTS) is 1. The Kier molecular flexibility index (Phi) is 6.73. The van der Waals surface area contributed by atoms with Gasteiger partial charge in [0.25, 0.3) is 0 Å². The van der Waals surface area contributed by atoms with Gasteiger partial charge < -0.3 is 19.9 Å². The summed E-state index contributed by atoms with van der Waals surface area (Å²) in [5.74, 6) is 0.924. The molecule has 126 valence electrons. The molecule has 1 amide bonds. The maximum Gasteiger partial charge on any atom is 0.335 e. The van der Waals surface area contributed by atoms with Gasteiger partial charge in [-0.1, -0.05) is 6.92 Å². The summed E-state index contributed by atoms with van der Waals surface area (Å²) < 4.78 is 11.3. The van der Waals surface area contributed by atoms with Crippen LogP contribution >= 0.6 is 11.8 Å². The average Bonchev–Trinajstić information content (AvgIpc) is 2.55. The van der Waals surface area contributed by atoms with Crippen LogP contribution in [0.4, 0.5) is 0 Å². The van der Waals surface area contributed by atoms with E-state index in [-0.39, 0.29) is 23.6 Å². The predicted octanol–water partition coefficient (Wildman–Crippen LogP) is 1.79. The monoisotopic (exact) mass is 339 g/mol. The molecular weight excluding hydrogens is 318 g/mol. The molecule has 2 N–H and O–H groups in total. The van der Waals surface area contributed by atoms with Crippen molar-refractivity contribution in [1.29, 1.82) is 0 Å². The van der Waals surface area contributed by atoms with E-state index in [0.29, 0.717) is 31.1 Å². The van der Waals surface area contributed by atoms with Gasteiger partial charge in [0, 0.05) is 6.61 Å². The molecule has 2 atom stereocenters. The molecule has 2 unspecified atom stereocenters. The first-order valence-electron chi connectivity index (χ1n) is 7.55. The Hall–Kier alpha value is -1.73. The molecular formula is C16H21NO5S. The molecule has 7 heteroatoms. The van der Waals surface area contributed by atoms with Crippen molar-refractivity contribution in [2.45, 2.75) is 25.5 Å². The van der Waals surface area contributed by atoms with Gasteiger partial charge in [-0.2, -0.15) is 11.8 Å². The van der Waals surface area contributed by atoms with Crippen LogP contribution in [0.2, 0.25) is 0 Å². The van der Waals surface area contributed by atoms with Crippen LogP contribution in [0.5, 0.6) is 5.75 Å². The first-order valence-corrected chi connectivity index (χ1v) is 8.70. The number of ether oxygens (including phenoxy) is 2. The highest BCUT2D eigenvalue weighted by molar-refractivity contribution is 7.99. The van der Waals surface area contributed by atoms with Crippen molar-refractivity contribution in [2.24, 2.45) is 0 Å². The summed E-state index contributed by atoms with van der Waals surface area (Å²) in [6.07, 6.45) is 0.412. The number of amides is 1. The normalized spacial score (nSPS) is 20.7. The smallest absolute Gasteiger partial charge is 0.335 e. The molecule has 1 aliphatic heterocycles. The van der Waals surface area contributed by atoms with Gasteiger partial charge in [-0.3, -0.25) is 4.79 Å². The van der Waals surface area contributed by atoms with Gasteiger partial charge in [0.05, 0.1) is 24.0 Å². The SMILES string of the molecule is CCSCC(=O)NC1CCOCC1Oc1ccc(C(=O)O)cc1. The summed E-state index contributed by atoms with van der Waals surface area (Å²) in [5, 5.41) is 11.9. The maximum absolute atomic E-state index is 11.9. The van der Waals surface area contributed by atoms with E-state index >= 15 is 0 Å². The van der Waals surface area contributed by atoms with E-state index in [1.807, 2.05) is 6.92 Å². The second-order valence-electron chi connectivity index (χ2n) is 5.16. The number of carbonyl (C=O) groups excluding carboxylic acids is 1. The highest BCUT2D eigenvalue weighted by atomic mass is 32.2. The standard InChI is InChI=1S/C16H21NO5S/c1-2-23-10-15(18)17-13-7-8-21-9-14(13)22-12-5-3-11(4-6-12)16(19)20/h3-6,13-14H,2,7-10H2,1H3,(H,17,18)(H,19,20). The van der Waals surface area contributed by atoms with Crippen molar-refractivity contribution in [3.8, 4) is 5.75 Å². The van der Waals surface area contributed by atoms with E-state index in [0.717, 1.165) is 5.75 Å². The highest BCUT2D eigenvalue weighted by Crippen LogP contribution is 2.19. The number of carboxylic acids is 1. The molecule has 1 aliphatic rings. The van der Waals surface area contributed by atoms with Gasteiger partial charge in [-0.05, 0) is 36.4 Å². The summed E-state index contributed by atoms with van der Waals surface area (Å²) >= 11 is 1.57. The number of hydrogen-bond acceptors (Lipinski definition) is 5. The van der Waals surface area contributed by atoms with Crippen LogP contribution in [-0.2, 0) is 9.53 Å². The van der Waals surface area contributed by atoms with Crippen LogP contribution in [0.3, 0.4) is 0 Å². The molecule has 0 bridgehead atoms. The first kappa shape index (κ1) is 17.6. The Morgan fingerprint density at radius 2 is 2.13 bits per heavy atom. The minimum absolute atomic E-state index is 0.00132. The third kappa shape index (κ3) is 5.44. The minimum atomic E-state index is -0.976. The van der Waals surface area contributed by atoms with Gasteiger partial charge in [0.2, 0.25) is 5.91 Å². The van der Waals surface area contributed by atoms with Crippen LogP contribution in [0, 0.1) is 0 Å². The number of benzene rings is 1. The van der Waals surface area contributed by atoms with Crippen molar-refractivity contribution in [3.05, 3.63) is 29.8 Å². The lowest BCUT2D eigenvalue weighted by Gasteiger charge is -2.32. The van der Waals surface area contributed by atoms with E-state index in [1.54, 1.807) is 23.9 Å². The van der Waals surface area contributed by atoms with Crippen LogP contribution < -0.4 is 10.1 Å². The molecule has 1 heterocycles. The minimum Gasteiger partial charge on any atom is -0.486 e. The molecule has 0 aliphatic carbocycles. The van der Waals surface area contributed by atoms with E-state index in [1.165, 1.54) is 12.1 Å². The second kappa shape index (κ2) is 8.79. The Labute approximate surface area is 139 Å². The lowest BCUT2D eigenvalue weighted by molar-refractivity contribution is -0.121. The molecule has 1 fully saturated rings. The molecule has 1 aromatic carbocycles. The first-order chi connectivity index (χ1) is 11.1. The molecule has 1 saturated heterocycles. The number of aromatic carboxylic acids is 1. The number of thioether (sulfide) groups is 1. The Morgan fingerprint density at radius 3 is 2.78 bits per heavy atom. The van der Waals surface area contributed by atoms with Crippen LogP contribution in [0.15, 0.2) is 24.3 Å². The quantitative estimate of drug-likeness (QED) is 0.788. The Morgan fingerprint density at radius 1 is 1.39 bits per heavy atom. The fraction of sp³-hybridized carbons (Fsp3) is 0.500. The summed E-state index contributed by atoms with van der Waals surface area (Å²) in [6, 6.07) is 6.11. The number of nitrogens with one attached hydrogen (secondary N) is 1. The van der Waals surface area contributed by atoms with Crippen molar-refractivity contribution in [3.63, 3.8) is 0 Å². The zero-order chi connectivity index (χ0) is 16.7. The molecule has 0 aromatic heterocycles. The van der Waals surface area contributed by atoms with Crippen molar-refractivity contribution < 1.29 is 24.2 Å². The molecule has 1 aromatic rings. The Bertz CT molecular complexity index is 534. The van der Waals surface area contributed by atoms with Crippen LogP contribution in [0.1, 0.15) is 23.7 Å². The van der Waals surface area contributed by atoms with E-state index in [9.17, 15) is 9.59 Å². The van der Waals surface area contributed by atoms with Gasteiger partial charge >= 0.3 is 5.97 Å². The molecule has 0 saturated carbocycles. The van der Waals surface area contributed by atoms with Gasteiger partial charge in [0.15, 0.2) is 0 Å². The van der Waals surface area contributed by atoms with Gasteiger partial charge in [-0.15, -0.1) is 0 Å². The average molecular weight is 339 g/mol. The molecule has 23 heavy (non-hydrogen) atoms. The Balaban J connectivity index is 1.95. The number of rotatable bonds is 7. The summed E-state index contributed by atoms with van der Waals surface area (Å²) in [7, 11) is 0. The van der Waals surface area contributed by atoms with Crippen LogP contribution in [0.25, 0.3) is 0 Å². The zero-order valence-corrected chi connectivity index (χ0v) is 13.8. The summed E-state index contributed by atoms with van der Waals surface area (Å²) in [5.41, 5.74) is 0.207.